The van der Waals surface area contributed by atoms with Gasteiger partial charge in [0.1, 0.15) is 5.82 Å². The Bertz CT molecular complexity index is 537. The van der Waals surface area contributed by atoms with Crippen LogP contribution in [0.3, 0.4) is 0 Å². The van der Waals surface area contributed by atoms with E-state index in [0.717, 1.165) is 25.2 Å². The molecule has 1 rings (SSSR count). The summed E-state index contributed by atoms with van der Waals surface area (Å²) >= 11 is 1.24. The van der Waals surface area contributed by atoms with Gasteiger partial charge in [0.15, 0.2) is 0 Å². The third-order valence-corrected chi connectivity index (χ3v) is 5.94. The van der Waals surface area contributed by atoms with E-state index in [0.29, 0.717) is 16.9 Å². The standard InChI is InChI=1S/C21H41N5OS/c1-6-10-16(3)12-8-9-13-19(15-14-17(4)11-7-2)23-20(27)24-25-21-22-18(5)26-28-21/h16-17,19H,6-15H2,1-5H3,(H,22,25,26)(H2,23,24,27). The molecule has 0 fully saturated rings. The Kier molecular flexibility index (Phi) is 12.9. The molecule has 0 bridgehead atoms. The largest absolute Gasteiger partial charge is 0.334 e. The van der Waals surface area contributed by atoms with Crippen LogP contribution in [0.4, 0.5) is 9.93 Å². The lowest BCUT2D eigenvalue weighted by atomic mass is 9.93. The summed E-state index contributed by atoms with van der Waals surface area (Å²) in [6.07, 6.45) is 12.0. The maximum absolute atomic E-state index is 12.3. The number of hydrazine groups is 1. The third-order valence-electron chi connectivity index (χ3n) is 5.22. The summed E-state index contributed by atoms with van der Waals surface area (Å²) < 4.78 is 4.10. The maximum Gasteiger partial charge on any atom is 0.333 e. The minimum absolute atomic E-state index is 0.194. The number of unbranched alkanes of at least 4 members (excludes halogenated alkanes) is 1. The van der Waals surface area contributed by atoms with Crippen LogP contribution in [0.1, 0.15) is 97.7 Å². The summed E-state index contributed by atoms with van der Waals surface area (Å²) in [5.41, 5.74) is 5.52. The Morgan fingerprint density at radius 2 is 1.61 bits per heavy atom. The van der Waals surface area contributed by atoms with Crippen LogP contribution in [0, 0.1) is 18.8 Å². The lowest BCUT2D eigenvalue weighted by Crippen LogP contribution is -2.44. The third kappa shape index (κ3) is 11.5. The minimum Gasteiger partial charge on any atom is -0.334 e. The van der Waals surface area contributed by atoms with Crippen LogP contribution < -0.4 is 16.2 Å². The number of carbonyl (C=O) groups is 1. The number of aryl methyl sites for hydroxylation is 1. The highest BCUT2D eigenvalue weighted by molar-refractivity contribution is 7.09. The number of aromatic nitrogens is 2. The van der Waals surface area contributed by atoms with Crippen LogP contribution >= 0.6 is 11.5 Å². The second kappa shape index (κ2) is 14.6. The number of urea groups is 1. The van der Waals surface area contributed by atoms with Crippen molar-refractivity contribution in [2.75, 3.05) is 5.43 Å². The second-order valence-corrected chi connectivity index (χ2v) is 8.97. The van der Waals surface area contributed by atoms with Gasteiger partial charge < -0.3 is 5.32 Å². The minimum atomic E-state index is -0.194. The van der Waals surface area contributed by atoms with E-state index in [1.54, 1.807) is 0 Å². The quantitative estimate of drug-likeness (QED) is 0.242. The van der Waals surface area contributed by atoms with Crippen LogP contribution in [0.5, 0.6) is 0 Å². The first kappa shape index (κ1) is 24.7. The zero-order chi connectivity index (χ0) is 20.8. The summed E-state index contributed by atoms with van der Waals surface area (Å²) in [6.45, 7) is 11.0. The van der Waals surface area contributed by atoms with Crippen molar-refractivity contribution in [2.45, 2.75) is 105 Å². The smallest absolute Gasteiger partial charge is 0.333 e. The first-order valence-electron chi connectivity index (χ1n) is 11.1. The summed E-state index contributed by atoms with van der Waals surface area (Å²) in [5.74, 6) is 2.23. The second-order valence-electron chi connectivity index (χ2n) is 8.22. The monoisotopic (exact) mass is 411 g/mol. The first-order valence-corrected chi connectivity index (χ1v) is 11.8. The molecule has 0 aliphatic carbocycles. The fraction of sp³-hybridized carbons (Fsp3) is 0.857. The van der Waals surface area contributed by atoms with E-state index in [2.05, 4.69) is 53.2 Å². The Morgan fingerprint density at radius 3 is 2.21 bits per heavy atom. The van der Waals surface area contributed by atoms with E-state index in [1.807, 2.05) is 6.92 Å². The van der Waals surface area contributed by atoms with Gasteiger partial charge in [-0.05, 0) is 38.0 Å². The van der Waals surface area contributed by atoms with Crippen LogP contribution in [-0.4, -0.2) is 21.4 Å². The van der Waals surface area contributed by atoms with Crippen molar-refractivity contribution < 1.29 is 4.79 Å². The molecular weight excluding hydrogens is 370 g/mol. The molecule has 6 nitrogen and oxygen atoms in total. The summed E-state index contributed by atoms with van der Waals surface area (Å²) in [6, 6.07) is 0.0269. The zero-order valence-electron chi connectivity index (χ0n) is 18.5. The maximum atomic E-state index is 12.3. The average Bonchev–Trinajstić information content (AvgIpc) is 3.07. The van der Waals surface area contributed by atoms with Crippen molar-refractivity contribution in [3.8, 4) is 0 Å². The fourth-order valence-corrected chi connectivity index (χ4v) is 4.14. The molecule has 2 amide bonds. The molecule has 0 aromatic carbocycles. The number of rotatable bonds is 15. The molecule has 3 unspecified atom stereocenters. The number of nitrogens with zero attached hydrogens (tertiary/aromatic N) is 2. The molecule has 1 heterocycles. The number of amides is 2. The number of anilines is 1. The van der Waals surface area contributed by atoms with Crippen LogP contribution in [0.25, 0.3) is 0 Å². The van der Waals surface area contributed by atoms with Gasteiger partial charge in [-0.15, -0.1) is 0 Å². The van der Waals surface area contributed by atoms with E-state index >= 15 is 0 Å². The highest BCUT2D eigenvalue weighted by Crippen LogP contribution is 2.19. The van der Waals surface area contributed by atoms with E-state index in [9.17, 15) is 4.79 Å². The Morgan fingerprint density at radius 1 is 0.964 bits per heavy atom. The molecule has 0 aliphatic rings. The van der Waals surface area contributed by atoms with Gasteiger partial charge in [-0.2, -0.15) is 4.37 Å². The summed E-state index contributed by atoms with van der Waals surface area (Å²) in [5, 5.41) is 3.75. The number of nitrogens with one attached hydrogen (secondary N) is 3. The summed E-state index contributed by atoms with van der Waals surface area (Å²) in [4.78, 5) is 16.5. The predicted octanol–water partition coefficient (Wildman–Crippen LogP) is 6.05. The lowest BCUT2D eigenvalue weighted by Gasteiger charge is -2.21. The molecule has 3 atom stereocenters. The Balaban J connectivity index is 2.40. The van der Waals surface area contributed by atoms with Crippen LogP contribution in [-0.2, 0) is 0 Å². The van der Waals surface area contributed by atoms with Gasteiger partial charge in [-0.3, -0.25) is 5.43 Å². The molecule has 0 saturated heterocycles. The molecule has 1 aromatic rings. The molecular formula is C21H41N5OS. The molecule has 0 spiro atoms. The van der Waals surface area contributed by atoms with E-state index in [1.165, 1.54) is 56.5 Å². The molecule has 0 aliphatic heterocycles. The van der Waals surface area contributed by atoms with Gasteiger partial charge in [0.25, 0.3) is 0 Å². The highest BCUT2D eigenvalue weighted by atomic mass is 32.1. The predicted molar refractivity (Wildman–Crippen MR) is 120 cm³/mol. The zero-order valence-corrected chi connectivity index (χ0v) is 19.3. The average molecular weight is 412 g/mol. The Labute approximate surface area is 175 Å². The molecule has 28 heavy (non-hydrogen) atoms. The molecule has 162 valence electrons. The van der Waals surface area contributed by atoms with E-state index in [-0.39, 0.29) is 12.1 Å². The normalized spacial score (nSPS) is 14.3. The SMILES string of the molecule is CCCC(C)CCCCC(CCC(C)CCC)NC(=O)NNc1nc(C)ns1. The van der Waals surface area contributed by atoms with Crippen molar-refractivity contribution in [1.29, 1.82) is 0 Å². The fourth-order valence-electron chi connectivity index (χ4n) is 3.61. The van der Waals surface area contributed by atoms with Gasteiger partial charge in [0.05, 0.1) is 0 Å². The number of carbonyl (C=O) groups excluding carboxylic acids is 1. The Hall–Kier alpha value is -1.37. The van der Waals surface area contributed by atoms with Crippen LogP contribution in [0.15, 0.2) is 0 Å². The molecule has 0 saturated carbocycles. The van der Waals surface area contributed by atoms with Crippen molar-refractivity contribution in [3.63, 3.8) is 0 Å². The number of hydrogen-bond donors (Lipinski definition) is 3. The van der Waals surface area contributed by atoms with Crippen molar-refractivity contribution in [2.24, 2.45) is 11.8 Å². The topological polar surface area (TPSA) is 78.9 Å². The van der Waals surface area contributed by atoms with Gasteiger partial charge in [-0.25, -0.2) is 15.2 Å². The van der Waals surface area contributed by atoms with Gasteiger partial charge in [0, 0.05) is 17.6 Å². The van der Waals surface area contributed by atoms with Gasteiger partial charge in [0.2, 0.25) is 5.13 Å². The first-order chi connectivity index (χ1) is 13.4. The highest BCUT2D eigenvalue weighted by Gasteiger charge is 2.14. The van der Waals surface area contributed by atoms with Crippen molar-refractivity contribution in [1.82, 2.24) is 20.1 Å². The number of hydrogen-bond acceptors (Lipinski definition) is 5. The van der Waals surface area contributed by atoms with Crippen LogP contribution in [0.2, 0.25) is 0 Å². The lowest BCUT2D eigenvalue weighted by molar-refractivity contribution is 0.235. The van der Waals surface area contributed by atoms with Gasteiger partial charge in [-0.1, -0.05) is 72.6 Å². The molecule has 3 N–H and O–H groups in total. The van der Waals surface area contributed by atoms with Crippen molar-refractivity contribution in [3.05, 3.63) is 5.82 Å². The van der Waals surface area contributed by atoms with E-state index < -0.39 is 0 Å². The molecule has 7 heteroatoms. The summed E-state index contributed by atoms with van der Waals surface area (Å²) in [7, 11) is 0. The molecule has 0 radical (unpaired) electrons. The molecule has 1 aromatic heterocycles. The van der Waals surface area contributed by atoms with Gasteiger partial charge >= 0.3 is 6.03 Å². The van der Waals surface area contributed by atoms with E-state index in [4.69, 9.17) is 0 Å². The van der Waals surface area contributed by atoms with Crippen molar-refractivity contribution >= 4 is 22.7 Å².